The summed E-state index contributed by atoms with van der Waals surface area (Å²) in [7, 11) is -4.20. The van der Waals surface area contributed by atoms with Gasteiger partial charge in [-0.05, 0) is 24.3 Å². The predicted molar refractivity (Wildman–Crippen MR) is 79.6 cm³/mol. The molecule has 0 N–H and O–H groups in total. The third-order valence-corrected chi connectivity index (χ3v) is 4.24. The summed E-state index contributed by atoms with van der Waals surface area (Å²) in [6, 6.07) is 6.82. The van der Waals surface area contributed by atoms with Gasteiger partial charge in [0.15, 0.2) is 33.9 Å². The summed E-state index contributed by atoms with van der Waals surface area (Å²) in [6.45, 7) is 0. The van der Waals surface area contributed by atoms with Crippen LogP contribution < -0.4 is 4.74 Å². The molecule has 6 nitrogen and oxygen atoms in total. The molecule has 0 saturated carbocycles. The van der Waals surface area contributed by atoms with Crippen molar-refractivity contribution in [2.45, 2.75) is 4.90 Å². The molecule has 0 aliphatic carbocycles. The molecule has 0 aliphatic rings. The Morgan fingerprint density at radius 2 is 1.44 bits per heavy atom. The highest BCUT2D eigenvalue weighted by Crippen LogP contribution is 2.28. The summed E-state index contributed by atoms with van der Waals surface area (Å²) < 4.78 is 99.0. The zero-order valence-electron chi connectivity index (χ0n) is 13.1. The number of nitriles is 1. The fraction of sp³-hybridized carbons (Fsp3) is 0.0667. The van der Waals surface area contributed by atoms with Crippen LogP contribution in [-0.4, -0.2) is 21.2 Å². The van der Waals surface area contributed by atoms with Crippen molar-refractivity contribution >= 4 is 15.8 Å². The van der Waals surface area contributed by atoms with E-state index in [4.69, 9.17) is 10.00 Å². The Labute approximate surface area is 149 Å². The summed E-state index contributed by atoms with van der Waals surface area (Å²) in [4.78, 5) is -2.23. The third-order valence-electron chi connectivity index (χ3n) is 3.12. The Balaban J connectivity index is 2.47. The number of oxime groups is 1. The SMILES string of the molecule is COc1ccc(/C(C#N)=N\OS(=O)(=O)c2c(F)c(F)c(F)c(F)c2F)cc1. The molecule has 0 amide bonds. The van der Waals surface area contributed by atoms with Crippen molar-refractivity contribution in [1.29, 1.82) is 5.26 Å². The van der Waals surface area contributed by atoms with Crippen LogP contribution in [0.3, 0.4) is 0 Å². The molecule has 0 aromatic heterocycles. The maximum atomic E-state index is 13.6. The van der Waals surface area contributed by atoms with Gasteiger partial charge in [-0.1, -0.05) is 5.16 Å². The molecule has 142 valence electrons. The standard InChI is InChI=1S/C15H7F5N2O4S/c1-25-8-4-2-7(3-5-8)9(6-21)22-26-27(23,24)15-13(19)11(17)10(16)12(18)14(15)20/h2-5H,1H3/b22-9-. The molecule has 0 spiro atoms. The van der Waals surface area contributed by atoms with Crippen molar-refractivity contribution < 1.29 is 39.4 Å². The minimum Gasteiger partial charge on any atom is -0.497 e. The van der Waals surface area contributed by atoms with Crippen LogP contribution in [0, 0.1) is 40.4 Å². The molecular weight excluding hydrogens is 399 g/mol. The largest absolute Gasteiger partial charge is 0.497 e. The maximum absolute atomic E-state index is 13.6. The first kappa shape index (κ1) is 20.1. The Morgan fingerprint density at radius 3 is 1.89 bits per heavy atom. The van der Waals surface area contributed by atoms with Crippen LogP contribution >= 0.6 is 0 Å². The quantitative estimate of drug-likeness (QED) is 0.250. The van der Waals surface area contributed by atoms with E-state index in [2.05, 4.69) is 9.44 Å². The van der Waals surface area contributed by atoms with Crippen molar-refractivity contribution in [2.75, 3.05) is 7.11 Å². The molecule has 0 fully saturated rings. The molecule has 2 aromatic rings. The van der Waals surface area contributed by atoms with Crippen LogP contribution in [0.25, 0.3) is 0 Å². The van der Waals surface area contributed by atoms with Gasteiger partial charge < -0.3 is 4.74 Å². The monoisotopic (exact) mass is 406 g/mol. The number of hydrogen-bond acceptors (Lipinski definition) is 6. The summed E-state index contributed by atoms with van der Waals surface area (Å²) in [5.74, 6) is -12.3. The summed E-state index contributed by atoms with van der Waals surface area (Å²) >= 11 is 0. The van der Waals surface area contributed by atoms with Gasteiger partial charge >= 0.3 is 10.1 Å². The summed E-state index contributed by atoms with van der Waals surface area (Å²) in [6.07, 6.45) is 0. The number of methoxy groups -OCH3 is 1. The van der Waals surface area contributed by atoms with Crippen LogP contribution in [-0.2, 0) is 14.4 Å². The minimum absolute atomic E-state index is 0.0333. The van der Waals surface area contributed by atoms with E-state index in [0.29, 0.717) is 5.75 Å². The molecule has 0 bridgehead atoms. The minimum atomic E-state index is -5.57. The van der Waals surface area contributed by atoms with E-state index >= 15 is 0 Å². The molecule has 2 aromatic carbocycles. The van der Waals surface area contributed by atoms with Gasteiger partial charge in [-0.3, -0.25) is 4.28 Å². The fourth-order valence-electron chi connectivity index (χ4n) is 1.81. The Kier molecular flexibility index (Phi) is 5.65. The zero-order valence-corrected chi connectivity index (χ0v) is 14.0. The van der Waals surface area contributed by atoms with Crippen molar-refractivity contribution in [3.05, 3.63) is 58.9 Å². The molecule has 0 unspecified atom stereocenters. The first-order chi connectivity index (χ1) is 12.6. The molecular formula is C15H7F5N2O4S. The lowest BCUT2D eigenvalue weighted by Crippen LogP contribution is -2.14. The van der Waals surface area contributed by atoms with Crippen LogP contribution in [0.4, 0.5) is 22.0 Å². The van der Waals surface area contributed by atoms with Crippen LogP contribution in [0.5, 0.6) is 5.75 Å². The lowest BCUT2D eigenvalue weighted by atomic mass is 10.1. The van der Waals surface area contributed by atoms with E-state index in [-0.39, 0.29) is 5.56 Å². The first-order valence-electron chi connectivity index (χ1n) is 6.71. The molecule has 0 saturated heterocycles. The van der Waals surface area contributed by atoms with Crippen LogP contribution in [0.2, 0.25) is 0 Å². The highest BCUT2D eigenvalue weighted by Gasteiger charge is 2.35. The van der Waals surface area contributed by atoms with Gasteiger partial charge in [-0.2, -0.15) is 13.7 Å². The van der Waals surface area contributed by atoms with E-state index in [1.54, 1.807) is 0 Å². The van der Waals surface area contributed by atoms with Gasteiger partial charge in [0.05, 0.1) is 7.11 Å². The van der Waals surface area contributed by atoms with Crippen molar-refractivity contribution in [1.82, 2.24) is 0 Å². The number of nitrogens with zero attached hydrogens (tertiary/aromatic N) is 2. The average molecular weight is 406 g/mol. The van der Waals surface area contributed by atoms with Crippen molar-refractivity contribution in [2.24, 2.45) is 5.16 Å². The Morgan fingerprint density at radius 1 is 0.963 bits per heavy atom. The second-order valence-electron chi connectivity index (χ2n) is 4.71. The van der Waals surface area contributed by atoms with E-state index in [1.165, 1.54) is 37.4 Å². The maximum Gasteiger partial charge on any atom is 0.364 e. The second kappa shape index (κ2) is 7.58. The highest BCUT2D eigenvalue weighted by atomic mass is 32.2. The van der Waals surface area contributed by atoms with E-state index < -0.39 is 49.8 Å². The van der Waals surface area contributed by atoms with Crippen molar-refractivity contribution in [3.8, 4) is 11.8 Å². The van der Waals surface area contributed by atoms with Gasteiger partial charge in [0.25, 0.3) is 0 Å². The topological polar surface area (TPSA) is 88.8 Å². The Hall–Kier alpha value is -3.20. The van der Waals surface area contributed by atoms with Gasteiger partial charge in [-0.25, -0.2) is 22.0 Å². The molecule has 0 atom stereocenters. The predicted octanol–water partition coefficient (Wildman–Crippen LogP) is 3.02. The van der Waals surface area contributed by atoms with Gasteiger partial charge in [-0.15, -0.1) is 0 Å². The lowest BCUT2D eigenvalue weighted by molar-refractivity contribution is 0.318. The molecule has 0 heterocycles. The third kappa shape index (κ3) is 3.82. The second-order valence-corrected chi connectivity index (χ2v) is 6.17. The van der Waals surface area contributed by atoms with E-state index in [0.717, 1.165) is 0 Å². The van der Waals surface area contributed by atoms with Crippen molar-refractivity contribution in [3.63, 3.8) is 0 Å². The fourth-order valence-corrected chi connectivity index (χ4v) is 2.68. The smallest absolute Gasteiger partial charge is 0.364 e. The van der Waals surface area contributed by atoms with E-state index in [9.17, 15) is 30.4 Å². The lowest BCUT2D eigenvalue weighted by Gasteiger charge is -2.07. The molecule has 0 aliphatic heterocycles. The number of ether oxygens (including phenoxy) is 1. The Bertz CT molecular complexity index is 1030. The first-order valence-corrected chi connectivity index (χ1v) is 8.12. The van der Waals surface area contributed by atoms with Gasteiger partial charge in [0, 0.05) is 5.56 Å². The average Bonchev–Trinajstić information content (AvgIpc) is 2.65. The molecule has 2 rings (SSSR count). The van der Waals surface area contributed by atoms with Crippen LogP contribution in [0.1, 0.15) is 5.56 Å². The van der Waals surface area contributed by atoms with Crippen LogP contribution in [0.15, 0.2) is 34.3 Å². The number of benzene rings is 2. The molecule has 0 radical (unpaired) electrons. The number of rotatable bonds is 5. The van der Waals surface area contributed by atoms with Gasteiger partial charge in [0.2, 0.25) is 5.82 Å². The van der Waals surface area contributed by atoms with E-state index in [1.807, 2.05) is 0 Å². The highest BCUT2D eigenvalue weighted by molar-refractivity contribution is 7.86. The zero-order chi connectivity index (χ0) is 20.4. The number of halogens is 5. The van der Waals surface area contributed by atoms with Gasteiger partial charge in [0.1, 0.15) is 11.8 Å². The summed E-state index contributed by atoms with van der Waals surface area (Å²) in [5, 5.41) is 11.9. The normalized spacial score (nSPS) is 11.8. The number of hydrogen-bond donors (Lipinski definition) is 0. The molecule has 27 heavy (non-hydrogen) atoms. The molecule has 12 heteroatoms. The summed E-state index contributed by atoms with van der Waals surface area (Å²) in [5.41, 5.74) is -0.615.